The second-order valence-corrected chi connectivity index (χ2v) is 6.39. The van der Waals surface area contributed by atoms with Crippen LogP contribution in [0.3, 0.4) is 0 Å². The fourth-order valence-corrected chi connectivity index (χ4v) is 3.83. The van der Waals surface area contributed by atoms with Gasteiger partial charge in [0.2, 0.25) is 0 Å². The standard InChI is InChI=1S/C15H17N5OS/c21-15(13-9-22-19-17-13)20-7-6-12-11(8-20)14(18-16-12)10-4-2-1-3-5-10/h1-5,9,11-12,14,16,18H,6-8H2. The summed E-state index contributed by atoms with van der Waals surface area (Å²) in [7, 11) is 0. The van der Waals surface area contributed by atoms with Crippen LogP contribution in [0.25, 0.3) is 0 Å². The second kappa shape index (κ2) is 5.75. The van der Waals surface area contributed by atoms with E-state index in [1.54, 1.807) is 5.38 Å². The molecule has 1 aromatic heterocycles. The molecule has 2 aromatic rings. The number of rotatable bonds is 2. The Balaban J connectivity index is 1.53. The molecule has 0 spiro atoms. The number of benzene rings is 1. The molecule has 0 saturated carbocycles. The van der Waals surface area contributed by atoms with Gasteiger partial charge >= 0.3 is 0 Å². The molecule has 114 valence electrons. The first-order valence-corrected chi connectivity index (χ1v) is 8.29. The maximum atomic E-state index is 12.5. The summed E-state index contributed by atoms with van der Waals surface area (Å²) in [5.41, 5.74) is 8.50. The summed E-state index contributed by atoms with van der Waals surface area (Å²) < 4.78 is 3.79. The van der Waals surface area contributed by atoms with Crippen molar-refractivity contribution in [2.75, 3.05) is 13.1 Å². The molecule has 3 unspecified atom stereocenters. The first-order chi connectivity index (χ1) is 10.8. The lowest BCUT2D eigenvalue weighted by atomic mass is 9.85. The summed E-state index contributed by atoms with van der Waals surface area (Å²) >= 11 is 1.22. The van der Waals surface area contributed by atoms with Crippen molar-refractivity contribution in [1.29, 1.82) is 0 Å². The van der Waals surface area contributed by atoms with Crippen molar-refractivity contribution in [2.45, 2.75) is 18.5 Å². The lowest BCUT2D eigenvalue weighted by molar-refractivity contribution is 0.0646. The summed E-state index contributed by atoms with van der Waals surface area (Å²) in [4.78, 5) is 14.4. The molecule has 0 bridgehead atoms. The van der Waals surface area contributed by atoms with Crippen LogP contribution < -0.4 is 10.9 Å². The molecular formula is C15H17N5OS. The Kier molecular flexibility index (Phi) is 3.61. The smallest absolute Gasteiger partial charge is 0.275 e. The number of hydrogen-bond donors (Lipinski definition) is 2. The lowest BCUT2D eigenvalue weighted by Gasteiger charge is -2.35. The van der Waals surface area contributed by atoms with Gasteiger partial charge in [-0.2, -0.15) is 0 Å². The minimum Gasteiger partial charge on any atom is -0.337 e. The molecule has 22 heavy (non-hydrogen) atoms. The number of carbonyl (C=O) groups excluding carboxylic acids is 1. The van der Waals surface area contributed by atoms with Gasteiger partial charge in [-0.05, 0) is 23.5 Å². The average Bonchev–Trinajstić information content (AvgIpc) is 3.24. The molecule has 0 aliphatic carbocycles. The van der Waals surface area contributed by atoms with Crippen molar-refractivity contribution < 1.29 is 4.79 Å². The molecule has 2 N–H and O–H groups in total. The molecule has 6 nitrogen and oxygen atoms in total. The van der Waals surface area contributed by atoms with Crippen LogP contribution in [0, 0.1) is 5.92 Å². The van der Waals surface area contributed by atoms with E-state index in [4.69, 9.17) is 0 Å². The van der Waals surface area contributed by atoms with E-state index in [2.05, 4.69) is 44.7 Å². The zero-order chi connectivity index (χ0) is 14.9. The van der Waals surface area contributed by atoms with Crippen LogP contribution in [0.15, 0.2) is 35.7 Å². The maximum absolute atomic E-state index is 12.5. The van der Waals surface area contributed by atoms with E-state index in [0.717, 1.165) is 19.5 Å². The predicted octanol–water partition coefficient (Wildman–Crippen LogP) is 1.22. The minimum atomic E-state index is -0.00842. The fourth-order valence-electron chi connectivity index (χ4n) is 3.40. The van der Waals surface area contributed by atoms with Crippen LogP contribution in [-0.4, -0.2) is 39.5 Å². The number of aromatic nitrogens is 2. The van der Waals surface area contributed by atoms with Crippen molar-refractivity contribution in [2.24, 2.45) is 5.92 Å². The van der Waals surface area contributed by atoms with Gasteiger partial charge in [0.15, 0.2) is 5.69 Å². The number of likely N-dealkylation sites (tertiary alicyclic amines) is 1. The van der Waals surface area contributed by atoms with E-state index >= 15 is 0 Å². The highest BCUT2D eigenvalue weighted by molar-refractivity contribution is 7.03. The van der Waals surface area contributed by atoms with Gasteiger partial charge in [0.05, 0.1) is 6.04 Å². The van der Waals surface area contributed by atoms with Crippen LogP contribution in [0.1, 0.15) is 28.5 Å². The average molecular weight is 315 g/mol. The summed E-state index contributed by atoms with van der Waals surface area (Å²) in [6, 6.07) is 11.0. The van der Waals surface area contributed by atoms with Crippen molar-refractivity contribution in [1.82, 2.24) is 25.3 Å². The zero-order valence-electron chi connectivity index (χ0n) is 12.0. The van der Waals surface area contributed by atoms with Gasteiger partial charge in [-0.1, -0.05) is 34.8 Å². The second-order valence-electron chi connectivity index (χ2n) is 5.78. The molecular weight excluding hydrogens is 298 g/mol. The summed E-state index contributed by atoms with van der Waals surface area (Å²) in [6.07, 6.45) is 0.949. The van der Waals surface area contributed by atoms with Gasteiger partial charge in [-0.25, -0.2) is 5.43 Å². The van der Waals surface area contributed by atoms with E-state index in [0.29, 0.717) is 17.7 Å². The molecule has 2 fully saturated rings. The molecule has 1 amide bonds. The predicted molar refractivity (Wildman–Crippen MR) is 83.2 cm³/mol. The number of nitrogens with one attached hydrogen (secondary N) is 2. The third kappa shape index (κ3) is 2.41. The number of nitrogens with zero attached hydrogens (tertiary/aromatic N) is 3. The van der Waals surface area contributed by atoms with Gasteiger partial charge in [0.1, 0.15) is 0 Å². The van der Waals surface area contributed by atoms with E-state index in [1.807, 2.05) is 11.0 Å². The highest BCUT2D eigenvalue weighted by Gasteiger charge is 2.41. The Bertz CT molecular complexity index is 647. The number of piperidine rings is 1. The molecule has 1 aromatic carbocycles. The van der Waals surface area contributed by atoms with Gasteiger partial charge in [-0.15, -0.1) is 5.10 Å². The number of hydrazine groups is 1. The molecule has 0 radical (unpaired) electrons. The summed E-state index contributed by atoms with van der Waals surface area (Å²) in [5.74, 6) is 0.359. The van der Waals surface area contributed by atoms with Crippen LogP contribution in [0.4, 0.5) is 0 Å². The van der Waals surface area contributed by atoms with Crippen molar-refractivity contribution in [3.05, 3.63) is 47.0 Å². The van der Waals surface area contributed by atoms with E-state index in [1.165, 1.54) is 17.1 Å². The first kappa shape index (κ1) is 13.8. The largest absolute Gasteiger partial charge is 0.337 e. The third-order valence-corrected chi connectivity index (χ3v) is 5.04. The SMILES string of the molecule is O=C(c1csnn1)N1CCC2NNC(c3ccccc3)C2C1. The van der Waals surface area contributed by atoms with Gasteiger partial charge in [-0.3, -0.25) is 10.2 Å². The van der Waals surface area contributed by atoms with Crippen LogP contribution in [0.5, 0.6) is 0 Å². The molecule has 3 heterocycles. The van der Waals surface area contributed by atoms with Crippen LogP contribution >= 0.6 is 11.5 Å². The van der Waals surface area contributed by atoms with Gasteiger partial charge in [0.25, 0.3) is 5.91 Å². The monoisotopic (exact) mass is 315 g/mol. The zero-order valence-corrected chi connectivity index (χ0v) is 12.8. The van der Waals surface area contributed by atoms with Crippen molar-refractivity contribution >= 4 is 17.4 Å². The number of fused-ring (bicyclic) bond motifs is 1. The van der Waals surface area contributed by atoms with Crippen molar-refractivity contribution in [3.8, 4) is 0 Å². The molecule has 2 aliphatic rings. The molecule has 4 rings (SSSR count). The third-order valence-electron chi connectivity index (χ3n) is 4.54. The normalized spacial score (nSPS) is 27.6. The Morgan fingerprint density at radius 2 is 2.14 bits per heavy atom. The highest BCUT2D eigenvalue weighted by atomic mass is 32.1. The van der Waals surface area contributed by atoms with Gasteiger partial charge < -0.3 is 4.90 Å². The molecule has 2 saturated heterocycles. The minimum absolute atomic E-state index is 0.00842. The Morgan fingerprint density at radius 1 is 1.27 bits per heavy atom. The molecule has 7 heteroatoms. The summed E-state index contributed by atoms with van der Waals surface area (Å²) in [6.45, 7) is 1.49. The Morgan fingerprint density at radius 3 is 2.91 bits per heavy atom. The van der Waals surface area contributed by atoms with E-state index in [9.17, 15) is 4.79 Å². The fraction of sp³-hybridized carbons (Fsp3) is 0.400. The topological polar surface area (TPSA) is 70.2 Å². The number of amides is 1. The quantitative estimate of drug-likeness (QED) is 0.872. The summed E-state index contributed by atoms with van der Waals surface area (Å²) in [5, 5.41) is 5.62. The maximum Gasteiger partial charge on any atom is 0.275 e. The number of hydrogen-bond acceptors (Lipinski definition) is 6. The van der Waals surface area contributed by atoms with Crippen LogP contribution in [0.2, 0.25) is 0 Å². The molecule has 3 atom stereocenters. The first-order valence-electron chi connectivity index (χ1n) is 7.45. The Labute approximate surface area is 132 Å². The lowest BCUT2D eigenvalue weighted by Crippen LogP contribution is -2.47. The van der Waals surface area contributed by atoms with Gasteiger partial charge in [0, 0.05) is 30.4 Å². The van der Waals surface area contributed by atoms with Crippen LogP contribution in [-0.2, 0) is 0 Å². The van der Waals surface area contributed by atoms with E-state index in [-0.39, 0.29) is 11.9 Å². The molecule has 2 aliphatic heterocycles. The Hall–Kier alpha value is -1.83. The number of carbonyl (C=O) groups is 1. The van der Waals surface area contributed by atoms with E-state index < -0.39 is 0 Å². The highest BCUT2D eigenvalue weighted by Crippen LogP contribution is 2.33. The van der Waals surface area contributed by atoms with Crippen molar-refractivity contribution in [3.63, 3.8) is 0 Å².